The molecule has 0 atom stereocenters. The van der Waals surface area contributed by atoms with Crippen LogP contribution in [-0.2, 0) is 0 Å². The topological polar surface area (TPSA) is 92.2 Å². The van der Waals surface area contributed by atoms with Gasteiger partial charge in [0.05, 0.1) is 16.5 Å². The molecule has 0 spiro atoms. The first kappa shape index (κ1) is 16.2. The number of aromatic hydroxyl groups is 1. The largest absolute Gasteiger partial charge is 0.503 e. The van der Waals surface area contributed by atoms with Gasteiger partial charge in [0.15, 0.2) is 11.5 Å². The van der Waals surface area contributed by atoms with Crippen LogP contribution in [0.25, 0.3) is 22.4 Å². The molecule has 8 heteroatoms. The molecular weight excluding hydrogens is 394 g/mol. The molecule has 0 saturated carbocycles. The first-order valence-electron chi connectivity index (χ1n) is 6.68. The van der Waals surface area contributed by atoms with Gasteiger partial charge in [0, 0.05) is 0 Å². The lowest BCUT2D eigenvalue weighted by molar-refractivity contribution is 0.372. The van der Waals surface area contributed by atoms with E-state index in [0.717, 1.165) is 4.88 Å². The molecule has 2 aromatic heterocycles. The summed E-state index contributed by atoms with van der Waals surface area (Å²) < 4.78 is 10.7. The van der Waals surface area contributed by atoms with Gasteiger partial charge < -0.3 is 14.4 Å². The average molecular weight is 404 g/mol. The number of hydrogen-bond donors (Lipinski definition) is 1. The summed E-state index contributed by atoms with van der Waals surface area (Å²) in [6, 6.07) is 9.07. The zero-order chi connectivity index (χ0) is 17.1. The molecule has 0 bridgehead atoms. The van der Waals surface area contributed by atoms with Crippen molar-refractivity contribution >= 4 is 38.9 Å². The molecule has 0 unspecified atom stereocenters. The first-order chi connectivity index (χ1) is 11.6. The van der Waals surface area contributed by atoms with E-state index in [9.17, 15) is 10.4 Å². The molecule has 0 aliphatic rings. The summed E-state index contributed by atoms with van der Waals surface area (Å²) in [5.74, 6) is 0.846. The molecule has 1 aromatic carbocycles. The Kier molecular flexibility index (Phi) is 4.64. The number of ether oxygens (including phenoxy) is 1. The molecule has 0 fully saturated rings. The molecule has 1 N–H and O–H groups in total. The van der Waals surface area contributed by atoms with Crippen LogP contribution < -0.4 is 4.74 Å². The number of halogens is 1. The van der Waals surface area contributed by atoms with Crippen LogP contribution in [-0.4, -0.2) is 22.4 Å². The molecule has 0 saturated heterocycles. The number of hydrogen-bond acceptors (Lipinski definition) is 7. The Morgan fingerprint density at radius 1 is 1.50 bits per heavy atom. The SMILES string of the molecule is COc1cc(/C=C(\C#N)c2nc(-c3cccs3)no2)cc(Br)c1O. The number of methoxy groups -OCH3 is 1. The van der Waals surface area contributed by atoms with Crippen LogP contribution in [0, 0.1) is 11.3 Å². The zero-order valence-electron chi connectivity index (χ0n) is 12.4. The predicted octanol–water partition coefficient (Wildman–Crippen LogP) is 4.34. The monoisotopic (exact) mass is 403 g/mol. The Labute approximate surface area is 149 Å². The zero-order valence-corrected chi connectivity index (χ0v) is 14.8. The molecule has 3 rings (SSSR count). The van der Waals surface area contributed by atoms with Crippen LogP contribution in [0.5, 0.6) is 11.5 Å². The van der Waals surface area contributed by atoms with Crippen molar-refractivity contribution in [2.45, 2.75) is 0 Å². The van der Waals surface area contributed by atoms with E-state index in [0.29, 0.717) is 15.9 Å². The lowest BCUT2D eigenvalue weighted by atomic mass is 10.1. The standard InChI is InChI=1S/C16H10BrN3O3S/c1-22-12-7-9(6-11(17)14(12)21)5-10(8-18)16-19-15(20-23-16)13-3-2-4-24-13/h2-7,21H,1H3/b10-5+. The third-order valence-corrected chi connectivity index (χ3v) is 4.57. The highest BCUT2D eigenvalue weighted by Crippen LogP contribution is 2.36. The van der Waals surface area contributed by atoms with Crippen LogP contribution in [0.15, 0.2) is 38.6 Å². The van der Waals surface area contributed by atoms with Crippen molar-refractivity contribution in [3.63, 3.8) is 0 Å². The highest BCUT2D eigenvalue weighted by atomic mass is 79.9. The number of benzene rings is 1. The number of thiophene rings is 1. The van der Waals surface area contributed by atoms with Crippen molar-refractivity contribution in [3.05, 3.63) is 45.6 Å². The summed E-state index contributed by atoms with van der Waals surface area (Å²) in [4.78, 5) is 5.11. The van der Waals surface area contributed by atoms with Crippen molar-refractivity contribution in [3.8, 4) is 28.3 Å². The van der Waals surface area contributed by atoms with Crippen molar-refractivity contribution < 1.29 is 14.4 Å². The third kappa shape index (κ3) is 3.18. The Bertz CT molecular complexity index is 942. The van der Waals surface area contributed by atoms with Crippen molar-refractivity contribution in [1.82, 2.24) is 10.1 Å². The van der Waals surface area contributed by atoms with Gasteiger partial charge in [-0.05, 0) is 51.1 Å². The van der Waals surface area contributed by atoms with E-state index >= 15 is 0 Å². The van der Waals surface area contributed by atoms with Gasteiger partial charge in [0.25, 0.3) is 5.89 Å². The number of nitriles is 1. The van der Waals surface area contributed by atoms with Crippen molar-refractivity contribution in [1.29, 1.82) is 5.26 Å². The van der Waals surface area contributed by atoms with E-state index in [1.807, 2.05) is 23.6 Å². The van der Waals surface area contributed by atoms with E-state index in [1.165, 1.54) is 18.4 Å². The van der Waals surface area contributed by atoms with E-state index in [1.54, 1.807) is 18.2 Å². The fourth-order valence-electron chi connectivity index (χ4n) is 1.98. The smallest absolute Gasteiger partial charge is 0.268 e. The van der Waals surface area contributed by atoms with Gasteiger partial charge in [0.2, 0.25) is 5.82 Å². The molecule has 0 aliphatic heterocycles. The average Bonchev–Trinajstić information content (AvgIpc) is 3.26. The van der Waals surface area contributed by atoms with Crippen LogP contribution in [0.4, 0.5) is 0 Å². The summed E-state index contributed by atoms with van der Waals surface area (Å²) >= 11 is 4.73. The molecular formula is C16H10BrN3O3S. The van der Waals surface area contributed by atoms with E-state index in [-0.39, 0.29) is 23.0 Å². The van der Waals surface area contributed by atoms with Gasteiger partial charge in [-0.2, -0.15) is 10.2 Å². The second-order valence-corrected chi connectivity index (χ2v) is 6.43. The van der Waals surface area contributed by atoms with E-state index in [2.05, 4.69) is 26.1 Å². The van der Waals surface area contributed by atoms with Crippen LogP contribution in [0.2, 0.25) is 0 Å². The molecule has 0 radical (unpaired) electrons. The molecule has 3 aromatic rings. The summed E-state index contributed by atoms with van der Waals surface area (Å²) in [6.45, 7) is 0. The number of phenolic OH excluding ortho intramolecular Hbond substituents is 1. The molecule has 2 heterocycles. The highest BCUT2D eigenvalue weighted by molar-refractivity contribution is 9.10. The van der Waals surface area contributed by atoms with Gasteiger partial charge >= 0.3 is 0 Å². The minimum absolute atomic E-state index is 0.00840. The number of phenols is 1. The molecule has 24 heavy (non-hydrogen) atoms. The lowest BCUT2D eigenvalue weighted by Crippen LogP contribution is -1.87. The van der Waals surface area contributed by atoms with E-state index < -0.39 is 0 Å². The maximum atomic E-state index is 9.84. The third-order valence-electron chi connectivity index (χ3n) is 3.10. The Morgan fingerprint density at radius 2 is 2.33 bits per heavy atom. The molecule has 120 valence electrons. The fourth-order valence-corrected chi connectivity index (χ4v) is 3.09. The predicted molar refractivity (Wildman–Crippen MR) is 93.5 cm³/mol. The van der Waals surface area contributed by atoms with Crippen molar-refractivity contribution in [2.24, 2.45) is 0 Å². The van der Waals surface area contributed by atoms with Gasteiger partial charge in [0.1, 0.15) is 11.6 Å². The van der Waals surface area contributed by atoms with Crippen molar-refractivity contribution in [2.75, 3.05) is 7.11 Å². The summed E-state index contributed by atoms with van der Waals surface area (Å²) in [7, 11) is 1.45. The quantitative estimate of drug-likeness (QED) is 0.651. The first-order valence-corrected chi connectivity index (χ1v) is 8.36. The molecule has 6 nitrogen and oxygen atoms in total. The fraction of sp³-hybridized carbons (Fsp3) is 0.0625. The molecule has 0 aliphatic carbocycles. The Balaban J connectivity index is 1.99. The Morgan fingerprint density at radius 3 is 3.00 bits per heavy atom. The van der Waals surface area contributed by atoms with Gasteiger partial charge in [-0.25, -0.2) is 0 Å². The lowest BCUT2D eigenvalue weighted by Gasteiger charge is -2.06. The van der Waals surface area contributed by atoms with Gasteiger partial charge in [-0.3, -0.25) is 0 Å². The van der Waals surface area contributed by atoms with Crippen LogP contribution >= 0.6 is 27.3 Å². The maximum Gasteiger partial charge on any atom is 0.268 e. The molecule has 0 amide bonds. The highest BCUT2D eigenvalue weighted by Gasteiger charge is 2.14. The number of aromatic nitrogens is 2. The second-order valence-electron chi connectivity index (χ2n) is 4.62. The second kappa shape index (κ2) is 6.86. The summed E-state index contributed by atoms with van der Waals surface area (Å²) in [6.07, 6.45) is 1.58. The number of rotatable bonds is 4. The Hall–Kier alpha value is -2.63. The van der Waals surface area contributed by atoms with Gasteiger partial charge in [-0.1, -0.05) is 11.2 Å². The normalized spacial score (nSPS) is 11.3. The van der Waals surface area contributed by atoms with Crippen LogP contribution in [0.3, 0.4) is 0 Å². The minimum atomic E-state index is -0.00840. The summed E-state index contributed by atoms with van der Waals surface area (Å²) in [5, 5.41) is 25.0. The van der Waals surface area contributed by atoms with E-state index in [4.69, 9.17) is 9.26 Å². The minimum Gasteiger partial charge on any atom is -0.503 e. The number of allylic oxidation sites excluding steroid dienone is 1. The summed E-state index contributed by atoms with van der Waals surface area (Å²) in [5.41, 5.74) is 0.855. The number of nitrogens with zero attached hydrogens (tertiary/aromatic N) is 3. The van der Waals surface area contributed by atoms with Gasteiger partial charge in [-0.15, -0.1) is 11.3 Å². The van der Waals surface area contributed by atoms with Crippen LogP contribution in [0.1, 0.15) is 11.5 Å². The maximum absolute atomic E-state index is 9.84.